The molecule has 0 radical (unpaired) electrons. The molecule has 0 fully saturated rings. The minimum atomic E-state index is -0.463. The summed E-state index contributed by atoms with van der Waals surface area (Å²) < 4.78 is 16.1. The van der Waals surface area contributed by atoms with Crippen molar-refractivity contribution in [3.63, 3.8) is 0 Å². The summed E-state index contributed by atoms with van der Waals surface area (Å²) >= 11 is 0. The van der Waals surface area contributed by atoms with E-state index in [0.717, 1.165) is 10.9 Å². The van der Waals surface area contributed by atoms with E-state index in [1.165, 1.54) is 0 Å². The van der Waals surface area contributed by atoms with Gasteiger partial charge in [0.25, 0.3) is 0 Å². The molecule has 0 saturated heterocycles. The number of aromatic amines is 1. The van der Waals surface area contributed by atoms with Crippen LogP contribution in [0.3, 0.4) is 0 Å². The maximum atomic E-state index is 12.5. The molecule has 24 heavy (non-hydrogen) atoms. The highest BCUT2D eigenvalue weighted by atomic mass is 16.5. The zero-order chi connectivity index (χ0) is 16.7. The first-order chi connectivity index (χ1) is 11.7. The first kappa shape index (κ1) is 14.3. The maximum absolute atomic E-state index is 12.5. The van der Waals surface area contributed by atoms with E-state index < -0.39 is 5.63 Å². The topological polar surface area (TPSA) is 77.4 Å². The van der Waals surface area contributed by atoms with Crippen molar-refractivity contribution in [3.8, 4) is 22.8 Å². The molecule has 1 N–H and O–H groups in total. The van der Waals surface area contributed by atoms with Gasteiger partial charge in [0.15, 0.2) is 0 Å². The number of H-pyrrole nitrogens is 1. The van der Waals surface area contributed by atoms with Gasteiger partial charge in [-0.2, -0.15) is 5.10 Å². The molecule has 2 aromatic carbocycles. The van der Waals surface area contributed by atoms with Gasteiger partial charge < -0.3 is 13.9 Å². The Hall–Kier alpha value is -3.28. The number of hydrogen-bond acceptors (Lipinski definition) is 5. The normalized spacial score (nSPS) is 11.1. The van der Waals surface area contributed by atoms with Crippen LogP contribution < -0.4 is 15.1 Å². The number of para-hydroxylation sites is 1. The zero-order valence-corrected chi connectivity index (χ0v) is 13.1. The van der Waals surface area contributed by atoms with Crippen LogP contribution in [0.4, 0.5) is 0 Å². The third-order valence-electron chi connectivity index (χ3n) is 3.97. The molecule has 0 atom stereocenters. The Morgan fingerprint density at radius 2 is 1.88 bits per heavy atom. The van der Waals surface area contributed by atoms with Gasteiger partial charge in [0.1, 0.15) is 22.8 Å². The van der Waals surface area contributed by atoms with E-state index in [2.05, 4.69) is 10.2 Å². The molecule has 2 heterocycles. The third-order valence-corrected chi connectivity index (χ3v) is 3.97. The van der Waals surface area contributed by atoms with Crippen LogP contribution in [0.5, 0.6) is 11.5 Å². The van der Waals surface area contributed by atoms with Crippen LogP contribution in [0, 0.1) is 0 Å². The van der Waals surface area contributed by atoms with Gasteiger partial charge >= 0.3 is 5.63 Å². The Morgan fingerprint density at radius 3 is 2.67 bits per heavy atom. The van der Waals surface area contributed by atoms with Crippen molar-refractivity contribution in [2.75, 3.05) is 14.2 Å². The fourth-order valence-electron chi connectivity index (χ4n) is 2.78. The minimum Gasteiger partial charge on any atom is -0.496 e. The second-order valence-corrected chi connectivity index (χ2v) is 5.31. The van der Waals surface area contributed by atoms with E-state index >= 15 is 0 Å². The molecule has 0 aliphatic rings. The number of nitrogens with one attached hydrogen (secondary N) is 1. The lowest BCUT2D eigenvalue weighted by atomic mass is 10.1. The first-order valence-corrected chi connectivity index (χ1v) is 7.34. The van der Waals surface area contributed by atoms with E-state index in [1.807, 2.05) is 24.3 Å². The SMILES string of the molecule is COc1cc(OC)c2cc(-c3n[nH]c4ccccc34)c(=O)oc2c1. The van der Waals surface area contributed by atoms with Crippen LogP contribution in [0.25, 0.3) is 33.1 Å². The van der Waals surface area contributed by atoms with Crippen LogP contribution in [0.2, 0.25) is 0 Å². The number of nitrogens with zero attached hydrogens (tertiary/aromatic N) is 1. The summed E-state index contributed by atoms with van der Waals surface area (Å²) in [6, 6.07) is 12.8. The van der Waals surface area contributed by atoms with Gasteiger partial charge in [-0.25, -0.2) is 4.79 Å². The Morgan fingerprint density at radius 1 is 1.04 bits per heavy atom. The number of aromatic nitrogens is 2. The first-order valence-electron chi connectivity index (χ1n) is 7.34. The monoisotopic (exact) mass is 322 g/mol. The smallest absolute Gasteiger partial charge is 0.345 e. The van der Waals surface area contributed by atoms with Gasteiger partial charge in [0.05, 0.1) is 30.7 Å². The molecule has 4 rings (SSSR count). The van der Waals surface area contributed by atoms with E-state index in [9.17, 15) is 4.79 Å². The van der Waals surface area contributed by atoms with Crippen LogP contribution in [-0.4, -0.2) is 24.4 Å². The highest BCUT2D eigenvalue weighted by Gasteiger charge is 2.16. The quantitative estimate of drug-likeness (QED) is 0.585. The van der Waals surface area contributed by atoms with Gasteiger partial charge in [0, 0.05) is 17.5 Å². The molecule has 6 nitrogen and oxygen atoms in total. The maximum Gasteiger partial charge on any atom is 0.345 e. The lowest BCUT2D eigenvalue weighted by Gasteiger charge is -2.08. The molecule has 4 aromatic rings. The summed E-state index contributed by atoms with van der Waals surface area (Å²) in [6.45, 7) is 0. The molecule has 2 aromatic heterocycles. The molecule has 0 aliphatic carbocycles. The Bertz CT molecular complexity index is 1110. The summed E-state index contributed by atoms with van der Waals surface area (Å²) in [6.07, 6.45) is 0. The Labute approximate surface area is 136 Å². The Kier molecular flexibility index (Phi) is 3.23. The summed E-state index contributed by atoms with van der Waals surface area (Å²) in [7, 11) is 3.10. The summed E-state index contributed by atoms with van der Waals surface area (Å²) in [4.78, 5) is 12.5. The highest BCUT2D eigenvalue weighted by molar-refractivity contribution is 5.95. The number of methoxy groups -OCH3 is 2. The molecule has 0 saturated carbocycles. The van der Waals surface area contributed by atoms with Crippen molar-refractivity contribution >= 4 is 21.9 Å². The average molecular weight is 322 g/mol. The molecule has 120 valence electrons. The summed E-state index contributed by atoms with van der Waals surface area (Å²) in [5.41, 5.74) is 1.73. The number of ether oxygens (including phenoxy) is 2. The molecule has 0 bridgehead atoms. The van der Waals surface area contributed by atoms with Crippen LogP contribution in [0.15, 0.2) is 51.7 Å². The van der Waals surface area contributed by atoms with Gasteiger partial charge in [-0.05, 0) is 12.1 Å². The second kappa shape index (κ2) is 5.42. The van der Waals surface area contributed by atoms with Crippen molar-refractivity contribution in [2.24, 2.45) is 0 Å². The number of rotatable bonds is 3. The second-order valence-electron chi connectivity index (χ2n) is 5.31. The summed E-state index contributed by atoms with van der Waals surface area (Å²) in [5, 5.41) is 8.74. The highest BCUT2D eigenvalue weighted by Crippen LogP contribution is 2.33. The molecular formula is C18H14N2O4. The molecule has 0 aliphatic heterocycles. The zero-order valence-electron chi connectivity index (χ0n) is 13.1. The summed E-state index contributed by atoms with van der Waals surface area (Å²) in [5.74, 6) is 1.12. The molecule has 0 spiro atoms. The standard InChI is InChI=1S/C18H14N2O4/c1-22-10-7-15(23-2)12-9-13(18(21)24-16(12)8-10)17-11-5-3-4-6-14(11)19-20-17/h3-9H,1-2H3,(H,19,20). The molecule has 0 amide bonds. The van der Waals surface area contributed by atoms with Crippen molar-refractivity contribution < 1.29 is 13.9 Å². The van der Waals surface area contributed by atoms with E-state index in [0.29, 0.717) is 33.7 Å². The van der Waals surface area contributed by atoms with E-state index in [4.69, 9.17) is 13.9 Å². The predicted octanol–water partition coefficient (Wildman–Crippen LogP) is 3.35. The van der Waals surface area contributed by atoms with Crippen molar-refractivity contribution in [2.45, 2.75) is 0 Å². The van der Waals surface area contributed by atoms with Crippen molar-refractivity contribution in [3.05, 3.63) is 52.9 Å². The number of fused-ring (bicyclic) bond motifs is 2. The molecule has 0 unspecified atom stereocenters. The van der Waals surface area contributed by atoms with Gasteiger partial charge in [-0.3, -0.25) is 5.10 Å². The van der Waals surface area contributed by atoms with Crippen molar-refractivity contribution in [1.82, 2.24) is 10.2 Å². The van der Waals surface area contributed by atoms with E-state index in [-0.39, 0.29) is 0 Å². The number of hydrogen-bond donors (Lipinski definition) is 1. The minimum absolute atomic E-state index is 0.378. The Balaban J connectivity index is 2.03. The van der Waals surface area contributed by atoms with Crippen molar-refractivity contribution in [1.29, 1.82) is 0 Å². The predicted molar refractivity (Wildman–Crippen MR) is 90.7 cm³/mol. The van der Waals surface area contributed by atoms with E-state index in [1.54, 1.807) is 32.4 Å². The number of benzene rings is 2. The molecule has 6 heteroatoms. The third kappa shape index (κ3) is 2.11. The fraction of sp³-hybridized carbons (Fsp3) is 0.111. The fourth-order valence-corrected chi connectivity index (χ4v) is 2.78. The van der Waals surface area contributed by atoms with Gasteiger partial charge in [0.2, 0.25) is 0 Å². The van der Waals surface area contributed by atoms with Crippen LogP contribution >= 0.6 is 0 Å². The van der Waals surface area contributed by atoms with Crippen LogP contribution in [0.1, 0.15) is 0 Å². The largest absolute Gasteiger partial charge is 0.496 e. The average Bonchev–Trinajstić information content (AvgIpc) is 3.04. The lowest BCUT2D eigenvalue weighted by molar-refractivity contribution is 0.396. The molecular weight excluding hydrogens is 308 g/mol. The van der Waals surface area contributed by atoms with Gasteiger partial charge in [-0.1, -0.05) is 18.2 Å². The van der Waals surface area contributed by atoms with Gasteiger partial charge in [-0.15, -0.1) is 0 Å². The van der Waals surface area contributed by atoms with Crippen LogP contribution in [-0.2, 0) is 0 Å². The lowest BCUT2D eigenvalue weighted by Crippen LogP contribution is -2.04.